The van der Waals surface area contributed by atoms with Gasteiger partial charge in [-0.15, -0.1) is 0 Å². The highest BCUT2D eigenvalue weighted by molar-refractivity contribution is 7.61. The fraction of sp³-hybridized carbons (Fsp3) is 0.200. The van der Waals surface area contributed by atoms with E-state index in [1.165, 1.54) is 0 Å². The zero-order valence-corrected chi connectivity index (χ0v) is 8.28. The molecule has 70 valence electrons. The van der Waals surface area contributed by atoms with Crippen LogP contribution in [-0.4, -0.2) is 11.1 Å². The zero-order valence-electron chi connectivity index (χ0n) is 7.39. The largest absolute Gasteiger partial charge is 0.341 e. The first kappa shape index (κ1) is 10.2. The zero-order chi connectivity index (χ0) is 9.73. The van der Waals surface area contributed by atoms with Gasteiger partial charge in [0.1, 0.15) is 0 Å². The third-order valence-corrected chi connectivity index (χ3v) is 3.28. The first-order valence-corrected chi connectivity index (χ1v) is 6.04. The molecule has 0 saturated heterocycles. The van der Waals surface area contributed by atoms with Crippen LogP contribution in [0.25, 0.3) is 0 Å². The Morgan fingerprint density at radius 2 is 2.00 bits per heavy atom. The summed E-state index contributed by atoms with van der Waals surface area (Å²) >= 11 is 0. The van der Waals surface area contributed by atoms with Crippen LogP contribution in [0.15, 0.2) is 42.7 Å². The van der Waals surface area contributed by atoms with E-state index in [1.54, 1.807) is 0 Å². The molecule has 1 unspecified atom stereocenters. The lowest BCUT2D eigenvalue weighted by molar-refractivity contribution is 0.488. The second-order valence-electron chi connectivity index (χ2n) is 2.90. The average molecular weight is 196 g/mol. The lowest BCUT2D eigenvalue weighted by Gasteiger charge is -2.05. The fourth-order valence-electron chi connectivity index (χ4n) is 1.03. The van der Waals surface area contributed by atoms with Gasteiger partial charge in [-0.05, 0) is 17.8 Å². The van der Waals surface area contributed by atoms with E-state index in [0.717, 1.165) is 11.4 Å². The normalized spacial score (nSPS) is 14.8. The van der Waals surface area contributed by atoms with E-state index in [1.807, 2.05) is 30.3 Å². The van der Waals surface area contributed by atoms with Crippen molar-refractivity contribution in [2.75, 3.05) is 6.16 Å². The summed E-state index contributed by atoms with van der Waals surface area (Å²) in [5, 5.41) is 0. The topological polar surface area (TPSA) is 37.3 Å². The van der Waals surface area contributed by atoms with E-state index >= 15 is 0 Å². The highest BCUT2D eigenvalue weighted by Crippen LogP contribution is 2.41. The van der Waals surface area contributed by atoms with Crippen LogP contribution in [0, 0.1) is 0 Å². The molecule has 0 fully saturated rings. The Kier molecular flexibility index (Phi) is 3.47. The van der Waals surface area contributed by atoms with Gasteiger partial charge in [0.25, 0.3) is 0 Å². The maximum absolute atomic E-state index is 11.2. The second-order valence-corrected chi connectivity index (χ2v) is 5.22. The van der Waals surface area contributed by atoms with Crippen molar-refractivity contribution >= 4 is 7.37 Å². The molecule has 3 heteroatoms. The van der Waals surface area contributed by atoms with Crippen molar-refractivity contribution in [3.8, 4) is 0 Å². The quantitative estimate of drug-likeness (QED) is 0.751. The first-order chi connectivity index (χ1) is 6.14. The molecule has 1 rings (SSSR count). The summed E-state index contributed by atoms with van der Waals surface area (Å²) in [4.78, 5) is 9.22. The van der Waals surface area contributed by atoms with Crippen LogP contribution in [0.5, 0.6) is 0 Å². The number of rotatable bonds is 4. The van der Waals surface area contributed by atoms with Gasteiger partial charge in [0.2, 0.25) is 7.37 Å². The van der Waals surface area contributed by atoms with Gasteiger partial charge in [-0.25, -0.2) is 0 Å². The van der Waals surface area contributed by atoms with E-state index in [2.05, 4.69) is 6.58 Å². The third kappa shape index (κ3) is 3.58. The third-order valence-electron chi connectivity index (χ3n) is 1.85. The molecular formula is C10H13O2P. The van der Waals surface area contributed by atoms with E-state index in [9.17, 15) is 9.46 Å². The molecule has 2 nitrogen and oxygen atoms in total. The minimum absolute atomic E-state index is 0.278. The fourth-order valence-corrected chi connectivity index (χ4v) is 1.79. The van der Waals surface area contributed by atoms with Crippen LogP contribution < -0.4 is 0 Å². The molecule has 1 aromatic rings. The Hall–Kier alpha value is -0.850. The van der Waals surface area contributed by atoms with Crippen molar-refractivity contribution in [3.05, 3.63) is 48.3 Å². The Balaban J connectivity index is 2.53. The average Bonchev–Trinajstić information content (AvgIpc) is 2.17. The smallest absolute Gasteiger partial charge is 0.222 e. The molecule has 0 aromatic heterocycles. The molecule has 1 atom stereocenters. The molecule has 0 bridgehead atoms. The predicted molar refractivity (Wildman–Crippen MR) is 55.0 cm³/mol. The van der Waals surface area contributed by atoms with Gasteiger partial charge in [-0.3, -0.25) is 4.57 Å². The molecular weight excluding hydrogens is 183 g/mol. The van der Waals surface area contributed by atoms with E-state index in [0.29, 0.717) is 6.42 Å². The first-order valence-electron chi connectivity index (χ1n) is 4.13. The van der Waals surface area contributed by atoms with Crippen molar-refractivity contribution in [3.63, 3.8) is 0 Å². The summed E-state index contributed by atoms with van der Waals surface area (Å²) in [5.74, 6) is 1.15. The predicted octanol–water partition coefficient (Wildman–Crippen LogP) is 2.64. The van der Waals surface area contributed by atoms with E-state index in [-0.39, 0.29) is 6.16 Å². The monoisotopic (exact) mass is 196 g/mol. The van der Waals surface area contributed by atoms with Crippen molar-refractivity contribution < 1.29 is 9.46 Å². The van der Waals surface area contributed by atoms with Gasteiger partial charge in [0.15, 0.2) is 0 Å². The van der Waals surface area contributed by atoms with Gasteiger partial charge < -0.3 is 4.89 Å². The standard InChI is InChI=1S/C10H13O2P/c1-2-13(11,12)9-8-10-6-4-3-5-7-10/h2-7H,1,8-9H2,(H,11,12). The van der Waals surface area contributed by atoms with Crippen LogP contribution in [-0.2, 0) is 11.0 Å². The van der Waals surface area contributed by atoms with Crippen LogP contribution in [0.3, 0.4) is 0 Å². The molecule has 0 aliphatic heterocycles. The summed E-state index contributed by atoms with van der Waals surface area (Å²) in [7, 11) is -3.07. The van der Waals surface area contributed by atoms with Crippen LogP contribution in [0.1, 0.15) is 5.56 Å². The molecule has 0 saturated carbocycles. The van der Waals surface area contributed by atoms with Gasteiger partial charge in [-0.2, -0.15) is 0 Å². The maximum atomic E-state index is 11.2. The van der Waals surface area contributed by atoms with Gasteiger partial charge in [0, 0.05) is 6.16 Å². The van der Waals surface area contributed by atoms with Gasteiger partial charge in [0.05, 0.1) is 0 Å². The SMILES string of the molecule is C=CP(=O)(O)CCc1ccccc1. The van der Waals surface area contributed by atoms with Crippen molar-refractivity contribution in [1.82, 2.24) is 0 Å². The molecule has 0 spiro atoms. The van der Waals surface area contributed by atoms with Crippen LogP contribution >= 0.6 is 7.37 Å². The van der Waals surface area contributed by atoms with Gasteiger partial charge in [-0.1, -0.05) is 36.9 Å². The highest BCUT2D eigenvalue weighted by Gasteiger charge is 2.11. The summed E-state index contributed by atoms with van der Waals surface area (Å²) in [5.41, 5.74) is 1.08. The summed E-state index contributed by atoms with van der Waals surface area (Å²) in [6.07, 6.45) is 0.904. The Labute approximate surface area is 78.4 Å². The maximum Gasteiger partial charge on any atom is 0.222 e. The highest BCUT2D eigenvalue weighted by atomic mass is 31.2. The molecule has 1 aromatic carbocycles. The van der Waals surface area contributed by atoms with Crippen LogP contribution in [0.4, 0.5) is 0 Å². The van der Waals surface area contributed by atoms with Crippen LogP contribution in [0.2, 0.25) is 0 Å². The molecule has 0 radical (unpaired) electrons. The summed E-state index contributed by atoms with van der Waals surface area (Å²) in [6, 6.07) is 9.67. The lowest BCUT2D eigenvalue weighted by atomic mass is 10.2. The molecule has 0 aliphatic rings. The summed E-state index contributed by atoms with van der Waals surface area (Å²) in [6.45, 7) is 3.33. The Bertz CT molecular complexity index is 319. The van der Waals surface area contributed by atoms with E-state index in [4.69, 9.17) is 0 Å². The van der Waals surface area contributed by atoms with Gasteiger partial charge >= 0.3 is 0 Å². The van der Waals surface area contributed by atoms with E-state index < -0.39 is 7.37 Å². The van der Waals surface area contributed by atoms with Crippen molar-refractivity contribution in [2.45, 2.75) is 6.42 Å². The second kappa shape index (κ2) is 4.40. The number of hydrogen-bond donors (Lipinski definition) is 1. The van der Waals surface area contributed by atoms with Crippen molar-refractivity contribution in [2.24, 2.45) is 0 Å². The Morgan fingerprint density at radius 3 is 2.54 bits per heavy atom. The number of aryl methyl sites for hydroxylation is 1. The summed E-state index contributed by atoms with van der Waals surface area (Å²) < 4.78 is 11.2. The molecule has 0 heterocycles. The number of benzene rings is 1. The lowest BCUT2D eigenvalue weighted by Crippen LogP contribution is -1.91. The Morgan fingerprint density at radius 1 is 1.38 bits per heavy atom. The minimum atomic E-state index is -3.07. The minimum Gasteiger partial charge on any atom is -0.341 e. The molecule has 13 heavy (non-hydrogen) atoms. The van der Waals surface area contributed by atoms with Crippen molar-refractivity contribution in [1.29, 1.82) is 0 Å². The number of hydrogen-bond acceptors (Lipinski definition) is 1. The molecule has 0 amide bonds. The molecule has 1 N–H and O–H groups in total. The molecule has 0 aliphatic carbocycles.